The van der Waals surface area contributed by atoms with E-state index >= 15 is 0 Å². The van der Waals surface area contributed by atoms with Gasteiger partial charge in [-0.2, -0.15) is 0 Å². The van der Waals surface area contributed by atoms with Crippen molar-refractivity contribution in [2.75, 3.05) is 0 Å². The molecule has 0 bridgehead atoms. The fraction of sp³-hybridized carbons (Fsp3) is 0. The number of hydrogen-bond acceptors (Lipinski definition) is 1. The Morgan fingerprint density at radius 1 is 0.640 bits per heavy atom. The zero-order valence-corrected chi connectivity index (χ0v) is 14.0. The van der Waals surface area contributed by atoms with Crippen LogP contribution in [0.2, 0.25) is 0 Å². The largest absolute Gasteiger partial charge is 0.276 e. The minimum atomic E-state index is -0.509. The summed E-state index contributed by atoms with van der Waals surface area (Å²) in [7, 11) is 0. The second-order valence-electron chi connectivity index (χ2n) is 5.27. The topological polar surface area (TPSA) is 17.1 Å². The normalized spacial score (nSPS) is 9.32. The second kappa shape index (κ2) is 8.02. The molecule has 3 aromatic rings. The molecule has 0 heterocycles. The van der Waals surface area contributed by atoms with Crippen molar-refractivity contribution in [3.63, 3.8) is 0 Å². The molecule has 0 unspecified atom stereocenters. The van der Waals surface area contributed by atoms with Crippen LogP contribution in [0.15, 0.2) is 78.9 Å². The van der Waals surface area contributed by atoms with Crippen LogP contribution < -0.4 is 0 Å². The highest BCUT2D eigenvalue weighted by Crippen LogP contribution is 2.13. The molecule has 25 heavy (non-hydrogen) atoms. The van der Waals surface area contributed by atoms with Gasteiger partial charge in [0.25, 0.3) is 5.24 Å². The van der Waals surface area contributed by atoms with E-state index in [2.05, 4.69) is 23.7 Å². The Balaban J connectivity index is 2.02. The number of carbonyl (C=O) groups excluding carboxylic acids is 1. The third-order valence-corrected chi connectivity index (χ3v) is 3.70. The first-order valence-corrected chi connectivity index (χ1v) is 8.08. The van der Waals surface area contributed by atoms with E-state index in [4.69, 9.17) is 11.6 Å². The van der Waals surface area contributed by atoms with E-state index in [-0.39, 0.29) is 0 Å². The molecule has 0 aliphatic heterocycles. The third kappa shape index (κ3) is 4.61. The van der Waals surface area contributed by atoms with Crippen molar-refractivity contribution in [3.8, 4) is 23.7 Å². The highest BCUT2D eigenvalue weighted by atomic mass is 35.5. The summed E-state index contributed by atoms with van der Waals surface area (Å²) < 4.78 is 0. The summed E-state index contributed by atoms with van der Waals surface area (Å²) in [5, 5.41) is -0.509. The van der Waals surface area contributed by atoms with Crippen LogP contribution in [-0.2, 0) is 0 Å². The summed E-state index contributed by atoms with van der Waals surface area (Å²) in [6.07, 6.45) is 0. The predicted molar refractivity (Wildman–Crippen MR) is 101 cm³/mol. The van der Waals surface area contributed by atoms with Gasteiger partial charge in [0.2, 0.25) is 0 Å². The Bertz CT molecular complexity index is 1010. The van der Waals surface area contributed by atoms with Gasteiger partial charge in [-0.1, -0.05) is 60.1 Å². The van der Waals surface area contributed by atoms with E-state index in [1.54, 1.807) is 18.2 Å². The smallest absolute Gasteiger partial charge is 0.252 e. The van der Waals surface area contributed by atoms with E-state index in [1.807, 2.05) is 60.7 Å². The molecule has 0 aliphatic carbocycles. The highest BCUT2D eigenvalue weighted by Gasteiger charge is 2.05. The van der Waals surface area contributed by atoms with Gasteiger partial charge in [0.05, 0.1) is 0 Å². The first kappa shape index (κ1) is 16.6. The van der Waals surface area contributed by atoms with Crippen LogP contribution in [-0.4, -0.2) is 5.24 Å². The van der Waals surface area contributed by atoms with Gasteiger partial charge in [-0.05, 0) is 54.1 Å². The fourth-order valence-corrected chi connectivity index (χ4v) is 2.32. The molecule has 3 aromatic carbocycles. The van der Waals surface area contributed by atoms with Crippen molar-refractivity contribution < 1.29 is 4.79 Å². The lowest BCUT2D eigenvalue weighted by atomic mass is 10.0. The first-order valence-electron chi connectivity index (χ1n) is 7.70. The summed E-state index contributed by atoms with van der Waals surface area (Å²) in [4.78, 5) is 11.4. The zero-order valence-electron chi connectivity index (χ0n) is 13.3. The summed E-state index contributed by atoms with van der Waals surface area (Å²) in [5.41, 5.74) is 3.66. The zero-order chi connectivity index (χ0) is 17.5. The minimum Gasteiger partial charge on any atom is -0.276 e. The quantitative estimate of drug-likeness (QED) is 0.456. The van der Waals surface area contributed by atoms with E-state index < -0.39 is 5.24 Å². The molecule has 3 rings (SSSR count). The average Bonchev–Trinajstić information content (AvgIpc) is 2.66. The molecular weight excluding hydrogens is 328 g/mol. The summed E-state index contributed by atoms with van der Waals surface area (Å²) in [6, 6.07) is 24.5. The Kier molecular flexibility index (Phi) is 5.32. The monoisotopic (exact) mass is 340 g/mol. The standard InChI is InChI=1S/C23H13ClO/c24-23(25)22-16-15-20(13-11-18-7-3-1-4-8-18)21(17-22)14-12-19-9-5-2-6-10-19/h1-10,15-17H. The lowest BCUT2D eigenvalue weighted by Crippen LogP contribution is -1.93. The minimum absolute atomic E-state index is 0.407. The molecule has 0 saturated heterocycles. The van der Waals surface area contributed by atoms with Crippen LogP contribution >= 0.6 is 11.6 Å². The molecule has 0 amide bonds. The first-order chi connectivity index (χ1) is 12.2. The van der Waals surface area contributed by atoms with Crippen molar-refractivity contribution in [2.24, 2.45) is 0 Å². The molecular formula is C23H13ClO. The number of hydrogen-bond donors (Lipinski definition) is 0. The second-order valence-corrected chi connectivity index (χ2v) is 5.61. The van der Waals surface area contributed by atoms with Gasteiger partial charge in [0, 0.05) is 27.8 Å². The molecule has 0 saturated carbocycles. The van der Waals surface area contributed by atoms with Gasteiger partial charge < -0.3 is 0 Å². The van der Waals surface area contributed by atoms with Crippen molar-refractivity contribution in [2.45, 2.75) is 0 Å². The summed E-state index contributed by atoms with van der Waals surface area (Å²) >= 11 is 5.59. The van der Waals surface area contributed by atoms with Gasteiger partial charge >= 0.3 is 0 Å². The maximum atomic E-state index is 11.4. The summed E-state index contributed by atoms with van der Waals surface area (Å²) in [5.74, 6) is 12.4. The Labute approximate surface area is 152 Å². The van der Waals surface area contributed by atoms with E-state index in [1.165, 1.54) is 0 Å². The van der Waals surface area contributed by atoms with E-state index in [9.17, 15) is 4.79 Å². The van der Waals surface area contributed by atoms with Crippen molar-refractivity contribution >= 4 is 16.8 Å². The lowest BCUT2D eigenvalue weighted by molar-refractivity contribution is 0.108. The van der Waals surface area contributed by atoms with E-state index in [0.717, 1.165) is 16.7 Å². The van der Waals surface area contributed by atoms with Gasteiger partial charge in [0.1, 0.15) is 0 Å². The SMILES string of the molecule is O=C(Cl)c1ccc(C#Cc2ccccc2)c(C#Cc2ccccc2)c1. The molecule has 0 atom stereocenters. The maximum absolute atomic E-state index is 11.4. The Morgan fingerprint density at radius 3 is 1.68 bits per heavy atom. The predicted octanol–water partition coefficient (Wildman–Crippen LogP) is 4.87. The van der Waals surface area contributed by atoms with Crippen LogP contribution in [0.3, 0.4) is 0 Å². The molecule has 118 valence electrons. The number of halogens is 1. The van der Waals surface area contributed by atoms with Crippen LogP contribution in [0.5, 0.6) is 0 Å². The van der Waals surface area contributed by atoms with Gasteiger partial charge in [-0.3, -0.25) is 4.79 Å². The number of rotatable bonds is 1. The van der Waals surface area contributed by atoms with Crippen molar-refractivity contribution in [1.29, 1.82) is 0 Å². The summed E-state index contributed by atoms with van der Waals surface area (Å²) in [6.45, 7) is 0. The van der Waals surface area contributed by atoms with Gasteiger partial charge in [-0.25, -0.2) is 0 Å². The lowest BCUT2D eigenvalue weighted by Gasteiger charge is -2.00. The average molecular weight is 341 g/mol. The Morgan fingerprint density at radius 2 is 1.16 bits per heavy atom. The van der Waals surface area contributed by atoms with Crippen molar-refractivity contribution in [3.05, 3.63) is 107 Å². The Hall–Kier alpha value is -3.26. The fourth-order valence-electron chi connectivity index (χ4n) is 2.20. The van der Waals surface area contributed by atoms with Crippen LogP contribution in [0, 0.1) is 23.7 Å². The van der Waals surface area contributed by atoms with Gasteiger partial charge in [0.15, 0.2) is 0 Å². The van der Waals surface area contributed by atoms with Crippen molar-refractivity contribution in [1.82, 2.24) is 0 Å². The maximum Gasteiger partial charge on any atom is 0.252 e. The van der Waals surface area contributed by atoms with E-state index in [0.29, 0.717) is 11.1 Å². The highest BCUT2D eigenvalue weighted by molar-refractivity contribution is 6.67. The third-order valence-electron chi connectivity index (χ3n) is 3.48. The molecule has 0 spiro atoms. The molecule has 0 radical (unpaired) electrons. The van der Waals surface area contributed by atoms with Gasteiger partial charge in [-0.15, -0.1) is 0 Å². The molecule has 2 heteroatoms. The number of carbonyl (C=O) groups is 1. The number of benzene rings is 3. The van der Waals surface area contributed by atoms with Crippen LogP contribution in [0.25, 0.3) is 0 Å². The molecule has 0 fully saturated rings. The van der Waals surface area contributed by atoms with Crippen LogP contribution in [0.4, 0.5) is 0 Å². The van der Waals surface area contributed by atoms with Crippen LogP contribution in [0.1, 0.15) is 32.6 Å². The molecule has 1 nitrogen and oxygen atoms in total. The molecule has 0 aliphatic rings. The molecule has 0 aromatic heterocycles. The molecule has 0 N–H and O–H groups in total.